The molecule has 2 heterocycles. The van der Waals surface area contributed by atoms with Crippen molar-refractivity contribution >= 4 is 28.4 Å². The predicted octanol–water partition coefficient (Wildman–Crippen LogP) is 3.55. The highest BCUT2D eigenvalue weighted by molar-refractivity contribution is 5.98. The molecule has 0 radical (unpaired) electrons. The topological polar surface area (TPSA) is 77.7 Å². The van der Waals surface area contributed by atoms with Gasteiger partial charge in [0.1, 0.15) is 11.4 Å². The van der Waals surface area contributed by atoms with E-state index in [9.17, 15) is 18.4 Å². The Hall–Kier alpha value is -3.46. The maximum Gasteiger partial charge on any atom is 0.387 e. The van der Waals surface area contributed by atoms with Crippen molar-refractivity contribution in [2.75, 3.05) is 31.5 Å². The summed E-state index contributed by atoms with van der Waals surface area (Å²) in [4.78, 5) is 32.4. The van der Waals surface area contributed by atoms with Gasteiger partial charge in [-0.15, -0.1) is 0 Å². The van der Waals surface area contributed by atoms with Crippen LogP contribution in [0.15, 0.2) is 54.6 Å². The first-order valence-corrected chi connectivity index (χ1v) is 10.4. The summed E-state index contributed by atoms with van der Waals surface area (Å²) in [5.74, 6) is -0.228. The lowest BCUT2D eigenvalue weighted by molar-refractivity contribution is -0.121. The van der Waals surface area contributed by atoms with Gasteiger partial charge in [0, 0.05) is 42.8 Å². The Morgan fingerprint density at radius 2 is 1.72 bits per heavy atom. The number of ether oxygens (including phenoxy) is 1. The van der Waals surface area contributed by atoms with Crippen molar-refractivity contribution in [1.82, 2.24) is 14.8 Å². The highest BCUT2D eigenvalue weighted by Gasteiger charge is 2.28. The smallest absolute Gasteiger partial charge is 0.387 e. The molecule has 1 aromatic heterocycles. The normalized spacial score (nSPS) is 15.7. The molecule has 168 valence electrons. The minimum atomic E-state index is -2.89. The number of piperazine rings is 1. The molecule has 3 aromatic rings. The summed E-state index contributed by atoms with van der Waals surface area (Å²) in [5.41, 5.74) is 1.98. The van der Waals surface area contributed by atoms with E-state index in [0.29, 0.717) is 37.6 Å². The van der Waals surface area contributed by atoms with E-state index in [-0.39, 0.29) is 17.6 Å². The number of carbonyl (C=O) groups is 2. The average molecular weight is 442 g/mol. The van der Waals surface area contributed by atoms with E-state index >= 15 is 0 Å². The van der Waals surface area contributed by atoms with Crippen LogP contribution in [0.5, 0.6) is 5.75 Å². The number of fused-ring (bicyclic) bond motifs is 1. The second kappa shape index (κ2) is 9.35. The molecule has 32 heavy (non-hydrogen) atoms. The van der Waals surface area contributed by atoms with Crippen molar-refractivity contribution in [3.63, 3.8) is 0 Å². The number of H-pyrrole nitrogens is 1. The van der Waals surface area contributed by atoms with E-state index in [1.54, 1.807) is 11.8 Å². The van der Waals surface area contributed by atoms with E-state index in [1.807, 2.05) is 35.2 Å². The SMILES string of the molecule is CC(C(=O)Nc1ccc(OC(F)F)cc1)N1CCN(C(=O)c2cc3ccccc3[nH]2)CC1. The van der Waals surface area contributed by atoms with Crippen LogP contribution < -0.4 is 10.1 Å². The zero-order chi connectivity index (χ0) is 22.7. The fourth-order valence-corrected chi connectivity index (χ4v) is 3.80. The monoisotopic (exact) mass is 442 g/mol. The summed E-state index contributed by atoms with van der Waals surface area (Å²) >= 11 is 0. The molecule has 9 heteroatoms. The lowest BCUT2D eigenvalue weighted by Gasteiger charge is -2.37. The molecule has 1 unspecified atom stereocenters. The summed E-state index contributed by atoms with van der Waals surface area (Å²) < 4.78 is 28.8. The third-order valence-electron chi connectivity index (χ3n) is 5.64. The van der Waals surface area contributed by atoms with Crippen molar-refractivity contribution < 1.29 is 23.1 Å². The maximum absolute atomic E-state index is 12.9. The Balaban J connectivity index is 1.30. The molecule has 0 bridgehead atoms. The second-order valence-electron chi connectivity index (χ2n) is 7.67. The Morgan fingerprint density at radius 1 is 1.03 bits per heavy atom. The highest BCUT2D eigenvalue weighted by atomic mass is 19.3. The number of benzene rings is 2. The van der Waals surface area contributed by atoms with E-state index in [2.05, 4.69) is 15.0 Å². The minimum Gasteiger partial charge on any atom is -0.435 e. The molecule has 1 aliphatic rings. The van der Waals surface area contributed by atoms with Gasteiger partial charge in [-0.3, -0.25) is 14.5 Å². The molecule has 1 fully saturated rings. The molecule has 0 spiro atoms. The van der Waals surface area contributed by atoms with Gasteiger partial charge in [-0.05, 0) is 43.3 Å². The van der Waals surface area contributed by atoms with E-state index in [4.69, 9.17) is 0 Å². The average Bonchev–Trinajstić information content (AvgIpc) is 3.23. The lowest BCUT2D eigenvalue weighted by atomic mass is 10.2. The number of amides is 2. The Labute approximate surface area is 183 Å². The van der Waals surface area contributed by atoms with Gasteiger partial charge in [0.25, 0.3) is 5.91 Å². The van der Waals surface area contributed by atoms with Crippen LogP contribution in [0, 0.1) is 0 Å². The zero-order valence-electron chi connectivity index (χ0n) is 17.6. The van der Waals surface area contributed by atoms with Gasteiger partial charge in [-0.25, -0.2) is 0 Å². The van der Waals surface area contributed by atoms with Crippen molar-refractivity contribution in [2.45, 2.75) is 19.6 Å². The van der Waals surface area contributed by atoms with Gasteiger partial charge < -0.3 is 19.9 Å². The molecule has 0 saturated carbocycles. The number of alkyl halides is 2. The third kappa shape index (κ3) is 4.88. The van der Waals surface area contributed by atoms with Crippen LogP contribution >= 0.6 is 0 Å². The number of nitrogens with zero attached hydrogens (tertiary/aromatic N) is 2. The maximum atomic E-state index is 12.9. The highest BCUT2D eigenvalue weighted by Crippen LogP contribution is 2.19. The van der Waals surface area contributed by atoms with Crippen molar-refractivity contribution in [3.8, 4) is 5.75 Å². The van der Waals surface area contributed by atoms with Gasteiger partial charge in [0.05, 0.1) is 6.04 Å². The summed E-state index contributed by atoms with van der Waals surface area (Å²) in [6.45, 7) is 1.09. The summed E-state index contributed by atoms with van der Waals surface area (Å²) in [6.07, 6.45) is 0. The number of para-hydroxylation sites is 1. The molecule has 0 aliphatic carbocycles. The molecule has 4 rings (SSSR count). The van der Waals surface area contributed by atoms with Crippen LogP contribution in [0.1, 0.15) is 17.4 Å². The molecule has 2 N–H and O–H groups in total. The Morgan fingerprint density at radius 3 is 2.38 bits per heavy atom. The van der Waals surface area contributed by atoms with Crippen molar-refractivity contribution in [2.24, 2.45) is 0 Å². The molecule has 1 saturated heterocycles. The fourth-order valence-electron chi connectivity index (χ4n) is 3.80. The minimum absolute atomic E-state index is 0.0294. The van der Waals surface area contributed by atoms with E-state index in [1.165, 1.54) is 24.3 Å². The Kier molecular flexibility index (Phi) is 6.36. The summed E-state index contributed by atoms with van der Waals surface area (Å²) in [6, 6.07) is 15.0. The Bertz CT molecular complexity index is 1060. The largest absolute Gasteiger partial charge is 0.435 e. The number of nitrogens with one attached hydrogen (secondary N) is 2. The van der Waals surface area contributed by atoms with Crippen molar-refractivity contribution in [3.05, 3.63) is 60.3 Å². The number of halogens is 2. The summed E-state index contributed by atoms with van der Waals surface area (Å²) in [7, 11) is 0. The van der Waals surface area contributed by atoms with Gasteiger partial charge in [0.15, 0.2) is 0 Å². The third-order valence-corrected chi connectivity index (χ3v) is 5.64. The number of carbonyl (C=O) groups excluding carboxylic acids is 2. The first-order chi connectivity index (χ1) is 15.4. The van der Waals surface area contributed by atoms with Crippen LogP contribution in [0.25, 0.3) is 10.9 Å². The molecule has 2 amide bonds. The van der Waals surface area contributed by atoms with Crippen LogP contribution in [0.4, 0.5) is 14.5 Å². The van der Waals surface area contributed by atoms with Crippen molar-refractivity contribution in [1.29, 1.82) is 0 Å². The number of anilines is 1. The number of aromatic amines is 1. The molecule has 7 nitrogen and oxygen atoms in total. The zero-order valence-corrected chi connectivity index (χ0v) is 17.6. The number of hydrogen-bond acceptors (Lipinski definition) is 4. The standard InChI is InChI=1S/C23H24F2N4O3/c1-15(21(30)26-17-6-8-18(9-7-17)32-23(24)25)28-10-12-29(13-11-28)22(31)20-14-16-4-2-3-5-19(16)27-20/h2-9,14-15,23,27H,10-13H2,1H3,(H,26,30). The summed E-state index contributed by atoms with van der Waals surface area (Å²) in [5, 5.41) is 3.78. The van der Waals surface area contributed by atoms with Crippen LogP contribution in [0.3, 0.4) is 0 Å². The van der Waals surface area contributed by atoms with Crippen LogP contribution in [-0.2, 0) is 4.79 Å². The second-order valence-corrected chi connectivity index (χ2v) is 7.67. The van der Waals surface area contributed by atoms with Gasteiger partial charge in [0.2, 0.25) is 5.91 Å². The van der Waals surface area contributed by atoms with Crippen LogP contribution in [0.2, 0.25) is 0 Å². The molecule has 1 aliphatic heterocycles. The van der Waals surface area contributed by atoms with E-state index < -0.39 is 12.7 Å². The number of aromatic nitrogens is 1. The quantitative estimate of drug-likeness (QED) is 0.612. The molecular formula is C23H24F2N4O3. The fraction of sp³-hybridized carbons (Fsp3) is 0.304. The van der Waals surface area contributed by atoms with E-state index in [0.717, 1.165) is 10.9 Å². The lowest BCUT2D eigenvalue weighted by Crippen LogP contribution is -2.54. The number of rotatable bonds is 6. The van der Waals surface area contributed by atoms with Gasteiger partial charge >= 0.3 is 6.61 Å². The first-order valence-electron chi connectivity index (χ1n) is 10.4. The molecular weight excluding hydrogens is 418 g/mol. The van der Waals surface area contributed by atoms with Gasteiger partial charge in [-0.1, -0.05) is 18.2 Å². The molecule has 2 aromatic carbocycles. The number of hydrogen-bond donors (Lipinski definition) is 2. The molecule has 1 atom stereocenters. The van der Waals surface area contributed by atoms with Crippen LogP contribution in [-0.4, -0.2) is 65.4 Å². The predicted molar refractivity (Wildman–Crippen MR) is 117 cm³/mol. The van der Waals surface area contributed by atoms with Gasteiger partial charge in [-0.2, -0.15) is 8.78 Å². The first kappa shape index (κ1) is 21.8.